The SMILES string of the molecule is CCn1cncc1CSC(C)(C)[C@H](N)C(=O)O. The normalized spacial score (nSPS) is 13.6. The highest BCUT2D eigenvalue weighted by Crippen LogP contribution is 2.30. The van der Waals surface area contributed by atoms with Crippen molar-refractivity contribution in [3.63, 3.8) is 0 Å². The number of thioether (sulfide) groups is 1. The maximum atomic E-state index is 10.9. The summed E-state index contributed by atoms with van der Waals surface area (Å²) in [5.41, 5.74) is 6.75. The first kappa shape index (κ1) is 14.1. The summed E-state index contributed by atoms with van der Waals surface area (Å²) in [6, 6.07) is -0.870. The molecule has 0 saturated heterocycles. The molecule has 1 aromatic rings. The molecule has 96 valence electrons. The molecule has 1 atom stereocenters. The van der Waals surface area contributed by atoms with Crippen molar-refractivity contribution in [2.45, 2.75) is 43.9 Å². The van der Waals surface area contributed by atoms with Crippen LogP contribution in [0, 0.1) is 0 Å². The summed E-state index contributed by atoms with van der Waals surface area (Å²) in [7, 11) is 0. The van der Waals surface area contributed by atoms with Gasteiger partial charge in [0.1, 0.15) is 6.04 Å². The van der Waals surface area contributed by atoms with Crippen molar-refractivity contribution < 1.29 is 9.90 Å². The molecular formula is C11H19N3O2S. The second-order valence-corrected chi connectivity index (χ2v) is 6.01. The average Bonchev–Trinajstić information content (AvgIpc) is 2.72. The number of nitrogens with two attached hydrogens (primary N) is 1. The van der Waals surface area contributed by atoms with Crippen LogP contribution >= 0.6 is 11.8 Å². The van der Waals surface area contributed by atoms with Gasteiger partial charge in [-0.15, -0.1) is 11.8 Å². The van der Waals surface area contributed by atoms with Gasteiger partial charge < -0.3 is 15.4 Å². The average molecular weight is 257 g/mol. The molecule has 0 saturated carbocycles. The van der Waals surface area contributed by atoms with Crippen molar-refractivity contribution in [2.75, 3.05) is 0 Å². The molecule has 1 rings (SSSR count). The molecule has 0 radical (unpaired) electrons. The van der Waals surface area contributed by atoms with Gasteiger partial charge in [0.2, 0.25) is 0 Å². The van der Waals surface area contributed by atoms with E-state index in [0.717, 1.165) is 12.2 Å². The van der Waals surface area contributed by atoms with Crippen molar-refractivity contribution in [1.29, 1.82) is 0 Å². The fourth-order valence-corrected chi connectivity index (χ4v) is 2.44. The molecule has 1 heterocycles. The van der Waals surface area contributed by atoms with Gasteiger partial charge in [-0.3, -0.25) is 4.79 Å². The predicted molar refractivity (Wildman–Crippen MR) is 68.9 cm³/mol. The van der Waals surface area contributed by atoms with Crippen LogP contribution in [0.5, 0.6) is 0 Å². The number of aliphatic carboxylic acids is 1. The van der Waals surface area contributed by atoms with Gasteiger partial charge >= 0.3 is 5.97 Å². The molecule has 0 amide bonds. The van der Waals surface area contributed by atoms with Crippen LogP contribution in [0.4, 0.5) is 0 Å². The van der Waals surface area contributed by atoms with Gasteiger partial charge in [0.15, 0.2) is 0 Å². The largest absolute Gasteiger partial charge is 0.480 e. The zero-order valence-corrected chi connectivity index (χ0v) is 11.2. The molecule has 17 heavy (non-hydrogen) atoms. The van der Waals surface area contributed by atoms with Crippen LogP contribution in [0.1, 0.15) is 26.5 Å². The van der Waals surface area contributed by atoms with Crippen molar-refractivity contribution in [2.24, 2.45) is 5.73 Å². The molecule has 5 nitrogen and oxygen atoms in total. The summed E-state index contributed by atoms with van der Waals surface area (Å²) >= 11 is 1.54. The van der Waals surface area contributed by atoms with Crippen LogP contribution in [-0.2, 0) is 17.1 Å². The Bertz CT molecular complexity index is 390. The van der Waals surface area contributed by atoms with Crippen LogP contribution in [0.15, 0.2) is 12.5 Å². The first-order valence-electron chi connectivity index (χ1n) is 5.49. The summed E-state index contributed by atoms with van der Waals surface area (Å²) in [6.07, 6.45) is 3.58. The van der Waals surface area contributed by atoms with E-state index in [2.05, 4.69) is 4.98 Å². The van der Waals surface area contributed by atoms with Crippen molar-refractivity contribution in [3.8, 4) is 0 Å². The molecule has 6 heteroatoms. The molecule has 3 N–H and O–H groups in total. The van der Waals surface area contributed by atoms with Gasteiger partial charge in [0.05, 0.1) is 6.33 Å². The Morgan fingerprint density at radius 1 is 1.71 bits per heavy atom. The van der Waals surface area contributed by atoms with Gasteiger partial charge in [-0.2, -0.15) is 0 Å². The third kappa shape index (κ3) is 3.47. The lowest BCUT2D eigenvalue weighted by atomic mass is 10.1. The summed E-state index contributed by atoms with van der Waals surface area (Å²) in [5, 5.41) is 8.92. The van der Waals surface area contributed by atoms with E-state index in [-0.39, 0.29) is 0 Å². The summed E-state index contributed by atoms with van der Waals surface area (Å²) < 4.78 is 1.53. The minimum Gasteiger partial charge on any atom is -0.480 e. The zero-order chi connectivity index (χ0) is 13.1. The molecule has 0 aliphatic carbocycles. The van der Waals surface area contributed by atoms with Gasteiger partial charge in [-0.1, -0.05) is 0 Å². The lowest BCUT2D eigenvalue weighted by Gasteiger charge is -2.28. The number of aryl methyl sites for hydroxylation is 1. The summed E-state index contributed by atoms with van der Waals surface area (Å²) in [6.45, 7) is 6.61. The fourth-order valence-electron chi connectivity index (χ4n) is 1.40. The van der Waals surface area contributed by atoms with E-state index in [1.807, 2.05) is 25.3 Å². The topological polar surface area (TPSA) is 81.1 Å². The smallest absolute Gasteiger partial charge is 0.321 e. The first-order valence-corrected chi connectivity index (χ1v) is 6.48. The molecule has 0 aliphatic heterocycles. The van der Waals surface area contributed by atoms with Gasteiger partial charge in [-0.25, -0.2) is 4.98 Å². The number of aromatic nitrogens is 2. The molecule has 0 spiro atoms. The third-order valence-corrected chi connectivity index (χ3v) is 4.18. The number of hydrogen-bond acceptors (Lipinski definition) is 4. The highest BCUT2D eigenvalue weighted by Gasteiger charge is 2.32. The highest BCUT2D eigenvalue weighted by atomic mass is 32.2. The van der Waals surface area contributed by atoms with E-state index in [9.17, 15) is 4.79 Å². The van der Waals surface area contributed by atoms with Crippen LogP contribution < -0.4 is 5.73 Å². The standard InChI is InChI=1S/C11H19N3O2S/c1-4-14-7-13-5-8(14)6-17-11(2,3)9(12)10(15)16/h5,7,9H,4,6,12H2,1-3H3,(H,15,16)/t9-/m1/s1. The Kier molecular flexibility index (Phi) is 4.59. The molecule has 0 aromatic carbocycles. The maximum absolute atomic E-state index is 10.9. The van der Waals surface area contributed by atoms with E-state index in [0.29, 0.717) is 5.75 Å². The number of hydrogen-bond donors (Lipinski definition) is 2. The van der Waals surface area contributed by atoms with Crippen LogP contribution in [0.2, 0.25) is 0 Å². The van der Waals surface area contributed by atoms with Crippen molar-refractivity contribution in [3.05, 3.63) is 18.2 Å². The first-order chi connectivity index (χ1) is 7.88. The maximum Gasteiger partial charge on any atom is 0.321 e. The number of nitrogens with zero attached hydrogens (tertiary/aromatic N) is 2. The number of carbonyl (C=O) groups is 1. The quantitative estimate of drug-likeness (QED) is 0.803. The van der Waals surface area contributed by atoms with Crippen LogP contribution in [0.3, 0.4) is 0 Å². The summed E-state index contributed by atoms with van der Waals surface area (Å²) in [4.78, 5) is 15.0. The van der Waals surface area contributed by atoms with E-state index in [4.69, 9.17) is 10.8 Å². The number of imidazole rings is 1. The number of carboxylic acids is 1. The Labute approximate surface area is 105 Å². The lowest BCUT2D eigenvalue weighted by molar-refractivity contribution is -0.139. The monoisotopic (exact) mass is 257 g/mol. The number of carboxylic acid groups (broad SMARTS) is 1. The Balaban J connectivity index is 2.64. The predicted octanol–water partition coefficient (Wildman–Crippen LogP) is 1.33. The molecule has 0 bridgehead atoms. The highest BCUT2D eigenvalue weighted by molar-refractivity contribution is 7.99. The molecule has 0 unspecified atom stereocenters. The van der Waals surface area contributed by atoms with Crippen LogP contribution in [-0.4, -0.2) is 31.4 Å². The van der Waals surface area contributed by atoms with E-state index >= 15 is 0 Å². The Morgan fingerprint density at radius 3 is 2.88 bits per heavy atom. The molecule has 1 aromatic heterocycles. The third-order valence-electron chi connectivity index (χ3n) is 2.75. The molecule has 0 aliphatic rings. The van der Waals surface area contributed by atoms with Crippen molar-refractivity contribution in [1.82, 2.24) is 9.55 Å². The Hall–Kier alpha value is -1.01. The zero-order valence-electron chi connectivity index (χ0n) is 10.4. The summed E-state index contributed by atoms with van der Waals surface area (Å²) in [5.74, 6) is -0.256. The van der Waals surface area contributed by atoms with E-state index < -0.39 is 16.8 Å². The molecular weight excluding hydrogens is 238 g/mol. The fraction of sp³-hybridized carbons (Fsp3) is 0.636. The molecule has 0 fully saturated rings. The van der Waals surface area contributed by atoms with Crippen LogP contribution in [0.25, 0.3) is 0 Å². The van der Waals surface area contributed by atoms with Gasteiger partial charge in [0.25, 0.3) is 0 Å². The van der Waals surface area contributed by atoms with E-state index in [1.165, 1.54) is 11.8 Å². The lowest BCUT2D eigenvalue weighted by Crippen LogP contribution is -2.46. The number of rotatable bonds is 6. The van der Waals surface area contributed by atoms with E-state index in [1.54, 1.807) is 12.5 Å². The minimum absolute atomic E-state index is 0.505. The Morgan fingerprint density at radius 2 is 2.35 bits per heavy atom. The minimum atomic E-state index is -0.966. The van der Waals surface area contributed by atoms with Gasteiger partial charge in [0, 0.05) is 28.9 Å². The second kappa shape index (κ2) is 5.55. The van der Waals surface area contributed by atoms with Crippen molar-refractivity contribution >= 4 is 17.7 Å². The van der Waals surface area contributed by atoms with Gasteiger partial charge in [-0.05, 0) is 20.8 Å². The second-order valence-electron chi connectivity index (χ2n) is 4.38.